The van der Waals surface area contributed by atoms with Crippen LogP contribution in [0.3, 0.4) is 0 Å². The number of carbonyl (C=O) groups excluding carboxylic acids is 1. The van der Waals surface area contributed by atoms with Crippen molar-refractivity contribution in [2.45, 2.75) is 23.9 Å². The van der Waals surface area contributed by atoms with Gasteiger partial charge in [-0.25, -0.2) is 9.97 Å². The van der Waals surface area contributed by atoms with Gasteiger partial charge in [0, 0.05) is 21.8 Å². The quantitative estimate of drug-likeness (QED) is 0.859. The predicted molar refractivity (Wildman–Crippen MR) is 70.6 cm³/mol. The number of carbonyl (C=O) groups is 1. The molecule has 0 atom stereocenters. The summed E-state index contributed by atoms with van der Waals surface area (Å²) >= 11 is 1.46. The normalized spacial score (nSPS) is 10.3. The van der Waals surface area contributed by atoms with Crippen molar-refractivity contribution in [2.24, 2.45) is 5.73 Å². The fourth-order valence-corrected chi connectivity index (χ4v) is 2.39. The molecule has 1 aromatic carbocycles. The van der Waals surface area contributed by atoms with Gasteiger partial charge < -0.3 is 5.73 Å². The lowest BCUT2D eigenvalue weighted by Crippen LogP contribution is -2.10. The predicted octanol–water partition coefficient (Wildman–Crippen LogP) is 2.34. The molecule has 0 spiro atoms. The number of nitrogens with two attached hydrogens (primary N) is 1. The van der Waals surface area contributed by atoms with Gasteiger partial charge in [0.25, 0.3) is 0 Å². The molecule has 1 amide bonds. The summed E-state index contributed by atoms with van der Waals surface area (Å²) in [7, 11) is 0. The van der Waals surface area contributed by atoms with E-state index >= 15 is 0 Å². The van der Waals surface area contributed by atoms with Gasteiger partial charge in [0.2, 0.25) is 5.91 Å². The minimum Gasteiger partial charge on any atom is -0.366 e. The Labute approximate surface area is 110 Å². The number of amides is 1. The number of primary amides is 1. The number of nitrogens with zero attached hydrogens (tertiary/aromatic N) is 2. The third-order valence-electron chi connectivity index (χ3n) is 2.31. The van der Waals surface area contributed by atoms with Crippen LogP contribution >= 0.6 is 11.8 Å². The second-order valence-corrected chi connectivity index (χ2v) is 4.96. The second kappa shape index (κ2) is 5.18. The average Bonchev–Trinajstić information content (AvgIpc) is 2.28. The van der Waals surface area contributed by atoms with Crippen LogP contribution < -0.4 is 5.73 Å². The first-order valence-corrected chi connectivity index (χ1v) is 6.26. The van der Waals surface area contributed by atoms with Crippen LogP contribution in [0.15, 0.2) is 40.4 Å². The monoisotopic (exact) mass is 259 g/mol. The highest BCUT2D eigenvalue weighted by Gasteiger charge is 2.04. The summed E-state index contributed by atoms with van der Waals surface area (Å²) < 4.78 is 0. The highest BCUT2D eigenvalue weighted by molar-refractivity contribution is 7.99. The Morgan fingerprint density at radius 3 is 2.17 bits per heavy atom. The fraction of sp³-hybridized carbons (Fsp3) is 0.154. The third kappa shape index (κ3) is 3.07. The highest BCUT2D eigenvalue weighted by atomic mass is 32.2. The molecular weight excluding hydrogens is 246 g/mol. The molecule has 4 nitrogen and oxygen atoms in total. The Hall–Kier alpha value is -1.88. The van der Waals surface area contributed by atoms with Crippen molar-refractivity contribution in [1.29, 1.82) is 0 Å². The molecule has 18 heavy (non-hydrogen) atoms. The molecule has 0 bridgehead atoms. The molecule has 0 radical (unpaired) electrons. The van der Waals surface area contributed by atoms with E-state index in [1.807, 2.05) is 32.0 Å². The standard InChI is InChI=1S/C13H13N3OS/c1-8-7-9(2)16-13(15-8)18-11-5-3-10(4-6-11)12(14)17/h3-7H,1-2H3,(H2,14,17). The van der Waals surface area contributed by atoms with Crippen molar-refractivity contribution in [1.82, 2.24) is 9.97 Å². The molecule has 92 valence electrons. The van der Waals surface area contributed by atoms with Gasteiger partial charge in [-0.05, 0) is 55.9 Å². The van der Waals surface area contributed by atoms with E-state index in [0.29, 0.717) is 10.7 Å². The summed E-state index contributed by atoms with van der Waals surface area (Å²) in [5.74, 6) is -0.422. The van der Waals surface area contributed by atoms with Crippen molar-refractivity contribution in [3.8, 4) is 0 Å². The molecule has 1 heterocycles. The summed E-state index contributed by atoms with van der Waals surface area (Å²) in [5.41, 5.74) is 7.57. The fourth-order valence-electron chi connectivity index (χ4n) is 1.53. The number of hydrogen-bond donors (Lipinski definition) is 1. The van der Waals surface area contributed by atoms with Gasteiger partial charge in [0.1, 0.15) is 0 Å². The molecule has 5 heteroatoms. The van der Waals surface area contributed by atoms with Crippen molar-refractivity contribution in [3.05, 3.63) is 47.3 Å². The smallest absolute Gasteiger partial charge is 0.248 e. The van der Waals surface area contributed by atoms with Crippen molar-refractivity contribution < 1.29 is 4.79 Å². The van der Waals surface area contributed by atoms with E-state index in [-0.39, 0.29) is 0 Å². The molecule has 2 rings (SSSR count). The first-order chi connectivity index (χ1) is 8.54. The van der Waals surface area contributed by atoms with Crippen LogP contribution in [0.4, 0.5) is 0 Å². The van der Waals surface area contributed by atoms with Crippen LogP contribution in [0.5, 0.6) is 0 Å². The number of benzene rings is 1. The average molecular weight is 259 g/mol. The topological polar surface area (TPSA) is 68.9 Å². The molecule has 0 aliphatic carbocycles. The summed E-state index contributed by atoms with van der Waals surface area (Å²) in [6.07, 6.45) is 0. The molecule has 1 aromatic heterocycles. The largest absolute Gasteiger partial charge is 0.366 e. The van der Waals surface area contributed by atoms with E-state index in [2.05, 4.69) is 9.97 Å². The van der Waals surface area contributed by atoms with Gasteiger partial charge in [0.15, 0.2) is 5.16 Å². The van der Waals surface area contributed by atoms with Gasteiger partial charge in [0.05, 0.1) is 0 Å². The van der Waals surface area contributed by atoms with Crippen LogP contribution in [-0.2, 0) is 0 Å². The van der Waals surface area contributed by atoms with E-state index in [0.717, 1.165) is 16.3 Å². The SMILES string of the molecule is Cc1cc(C)nc(Sc2ccc(C(N)=O)cc2)n1. The maximum Gasteiger partial charge on any atom is 0.248 e. The van der Waals surface area contributed by atoms with E-state index in [4.69, 9.17) is 5.73 Å². The minimum absolute atomic E-state index is 0.422. The minimum atomic E-state index is -0.422. The van der Waals surface area contributed by atoms with Crippen LogP contribution in [-0.4, -0.2) is 15.9 Å². The maximum absolute atomic E-state index is 11.0. The van der Waals surface area contributed by atoms with Crippen molar-refractivity contribution in [3.63, 3.8) is 0 Å². The zero-order chi connectivity index (χ0) is 13.1. The summed E-state index contributed by atoms with van der Waals surface area (Å²) in [5, 5.41) is 0.708. The number of aryl methyl sites for hydroxylation is 2. The Morgan fingerprint density at radius 2 is 1.67 bits per heavy atom. The van der Waals surface area contributed by atoms with Gasteiger partial charge in [-0.3, -0.25) is 4.79 Å². The molecule has 0 unspecified atom stereocenters. The summed E-state index contributed by atoms with van der Waals surface area (Å²) in [6, 6.07) is 9.01. The first-order valence-electron chi connectivity index (χ1n) is 5.44. The van der Waals surface area contributed by atoms with Crippen LogP contribution in [0.25, 0.3) is 0 Å². The Kier molecular flexibility index (Phi) is 3.62. The highest BCUT2D eigenvalue weighted by Crippen LogP contribution is 2.25. The zero-order valence-electron chi connectivity index (χ0n) is 10.2. The van der Waals surface area contributed by atoms with Gasteiger partial charge in [-0.2, -0.15) is 0 Å². The number of rotatable bonds is 3. The Bertz CT molecular complexity index is 561. The zero-order valence-corrected chi connectivity index (χ0v) is 11.0. The maximum atomic E-state index is 11.0. The molecule has 2 N–H and O–H groups in total. The second-order valence-electron chi connectivity index (χ2n) is 3.92. The lowest BCUT2D eigenvalue weighted by molar-refractivity contribution is 0.1000. The van der Waals surface area contributed by atoms with E-state index in [9.17, 15) is 4.79 Å². The third-order valence-corrected chi connectivity index (χ3v) is 3.18. The van der Waals surface area contributed by atoms with Gasteiger partial charge in [-0.1, -0.05) is 0 Å². The molecule has 2 aromatic rings. The summed E-state index contributed by atoms with van der Waals surface area (Å²) in [6.45, 7) is 3.88. The molecule has 0 aliphatic rings. The van der Waals surface area contributed by atoms with E-state index in [1.165, 1.54) is 11.8 Å². The van der Waals surface area contributed by atoms with Crippen molar-refractivity contribution in [2.75, 3.05) is 0 Å². The molecule has 0 aliphatic heterocycles. The van der Waals surface area contributed by atoms with Crippen LogP contribution in [0, 0.1) is 13.8 Å². The Balaban J connectivity index is 2.20. The van der Waals surface area contributed by atoms with Crippen LogP contribution in [0.1, 0.15) is 21.7 Å². The Morgan fingerprint density at radius 1 is 1.11 bits per heavy atom. The van der Waals surface area contributed by atoms with E-state index in [1.54, 1.807) is 12.1 Å². The molecule has 0 saturated carbocycles. The van der Waals surface area contributed by atoms with E-state index < -0.39 is 5.91 Å². The summed E-state index contributed by atoms with van der Waals surface area (Å²) in [4.78, 5) is 20.6. The molecule has 0 saturated heterocycles. The molecular formula is C13H13N3OS. The van der Waals surface area contributed by atoms with Crippen LogP contribution in [0.2, 0.25) is 0 Å². The van der Waals surface area contributed by atoms with Crippen molar-refractivity contribution >= 4 is 17.7 Å². The molecule has 0 fully saturated rings. The number of aromatic nitrogens is 2. The first kappa shape index (κ1) is 12.6. The lowest BCUT2D eigenvalue weighted by atomic mass is 10.2. The van der Waals surface area contributed by atoms with Gasteiger partial charge >= 0.3 is 0 Å². The lowest BCUT2D eigenvalue weighted by Gasteiger charge is -2.03. The number of hydrogen-bond acceptors (Lipinski definition) is 4. The van der Waals surface area contributed by atoms with Gasteiger partial charge in [-0.15, -0.1) is 0 Å².